The smallest absolute Gasteiger partial charge is 0.266 e. The number of nitrogens with zero attached hydrogens (tertiary/aromatic N) is 4. The summed E-state index contributed by atoms with van der Waals surface area (Å²) in [5.74, 6) is -0.792. The summed E-state index contributed by atoms with van der Waals surface area (Å²) in [4.78, 5) is 30.0. The first-order valence-electron chi connectivity index (χ1n) is 7.41. The van der Waals surface area contributed by atoms with E-state index >= 15 is 0 Å². The summed E-state index contributed by atoms with van der Waals surface area (Å²) in [6.45, 7) is 1.39. The second-order valence-corrected chi connectivity index (χ2v) is 6.39. The number of amides is 1. The van der Waals surface area contributed by atoms with Crippen molar-refractivity contribution in [3.63, 3.8) is 0 Å². The summed E-state index contributed by atoms with van der Waals surface area (Å²) in [7, 11) is 3.27. The van der Waals surface area contributed by atoms with E-state index < -0.39 is 0 Å². The van der Waals surface area contributed by atoms with Gasteiger partial charge in [0.1, 0.15) is 11.5 Å². The van der Waals surface area contributed by atoms with E-state index in [-0.39, 0.29) is 17.6 Å². The van der Waals surface area contributed by atoms with Gasteiger partial charge < -0.3 is 0 Å². The van der Waals surface area contributed by atoms with Crippen molar-refractivity contribution in [2.45, 2.75) is 6.92 Å². The predicted octanol–water partition coefficient (Wildman–Crippen LogP) is 2.88. The monoisotopic (exact) mass is 358 g/mol. The van der Waals surface area contributed by atoms with Crippen molar-refractivity contribution in [3.05, 3.63) is 46.7 Å². The Labute approximate surface area is 148 Å². The van der Waals surface area contributed by atoms with Crippen LogP contribution in [-0.2, 0) is 4.79 Å². The number of likely N-dealkylation sites (N-methyl/N-ethyl adjacent to an activating group) is 1. The maximum absolute atomic E-state index is 13.2. The summed E-state index contributed by atoms with van der Waals surface area (Å²) < 4.78 is 14.4. The lowest BCUT2D eigenvalue weighted by atomic mass is 10.1. The molecule has 1 amide bonds. The Morgan fingerprint density at radius 1 is 1.32 bits per heavy atom. The number of benzene rings is 1. The van der Waals surface area contributed by atoms with Crippen LogP contribution in [0.3, 0.4) is 0 Å². The molecule has 25 heavy (non-hydrogen) atoms. The third kappa shape index (κ3) is 3.25. The molecule has 0 atom stereocenters. The molecule has 2 heterocycles. The lowest BCUT2D eigenvalue weighted by Crippen LogP contribution is -2.23. The summed E-state index contributed by atoms with van der Waals surface area (Å²) in [6, 6.07) is 5.81. The first-order chi connectivity index (χ1) is 11.9. The minimum atomic E-state index is -0.360. The summed E-state index contributed by atoms with van der Waals surface area (Å²) in [5, 5.41) is 4.87. The molecule has 8 heteroatoms. The van der Waals surface area contributed by atoms with E-state index in [1.54, 1.807) is 38.5 Å². The van der Waals surface area contributed by atoms with Crippen LogP contribution in [0.1, 0.15) is 17.3 Å². The summed E-state index contributed by atoms with van der Waals surface area (Å²) in [6.07, 6.45) is 3.23. The zero-order valence-electron chi connectivity index (χ0n) is 13.9. The lowest BCUT2D eigenvalue weighted by molar-refractivity contribution is -0.121. The minimum Gasteiger partial charge on any atom is -0.290 e. The topological polar surface area (TPSA) is 67.6 Å². The van der Waals surface area contributed by atoms with Crippen molar-refractivity contribution in [3.8, 4) is 11.3 Å². The number of rotatable bonds is 2. The van der Waals surface area contributed by atoms with Gasteiger partial charge in [0, 0.05) is 38.3 Å². The van der Waals surface area contributed by atoms with Gasteiger partial charge in [0.15, 0.2) is 5.17 Å². The molecule has 1 fully saturated rings. The molecule has 1 aliphatic heterocycles. The molecule has 0 aliphatic carbocycles. The third-order valence-corrected chi connectivity index (χ3v) is 4.82. The first kappa shape index (κ1) is 17.1. The van der Waals surface area contributed by atoms with Crippen LogP contribution >= 0.6 is 11.8 Å². The maximum Gasteiger partial charge on any atom is 0.266 e. The van der Waals surface area contributed by atoms with Gasteiger partial charge in [0.05, 0.1) is 4.91 Å². The highest BCUT2D eigenvalue weighted by atomic mass is 32.2. The van der Waals surface area contributed by atoms with Gasteiger partial charge in [-0.2, -0.15) is 5.10 Å². The van der Waals surface area contributed by atoms with Gasteiger partial charge in [0.2, 0.25) is 5.91 Å². The third-order valence-electron chi connectivity index (χ3n) is 3.66. The van der Waals surface area contributed by atoms with Gasteiger partial charge in [-0.1, -0.05) is 0 Å². The van der Waals surface area contributed by atoms with Crippen molar-refractivity contribution >= 4 is 34.8 Å². The average molecular weight is 358 g/mol. The zero-order chi connectivity index (χ0) is 18.1. The van der Waals surface area contributed by atoms with Crippen molar-refractivity contribution in [1.29, 1.82) is 0 Å². The van der Waals surface area contributed by atoms with Gasteiger partial charge in [-0.25, -0.2) is 9.07 Å². The van der Waals surface area contributed by atoms with E-state index in [9.17, 15) is 14.0 Å². The molecule has 1 aliphatic rings. The molecular formula is C17H15FN4O2S. The first-order valence-corrected chi connectivity index (χ1v) is 8.23. The largest absolute Gasteiger partial charge is 0.290 e. The van der Waals surface area contributed by atoms with Crippen molar-refractivity contribution < 1.29 is 14.0 Å². The van der Waals surface area contributed by atoms with Crippen LogP contribution < -0.4 is 0 Å². The van der Waals surface area contributed by atoms with Gasteiger partial charge in [-0.05, 0) is 42.1 Å². The molecule has 0 N–H and O–H groups in total. The Morgan fingerprint density at radius 3 is 2.56 bits per heavy atom. The quantitative estimate of drug-likeness (QED) is 0.774. The second kappa shape index (κ2) is 6.64. The molecular weight excluding hydrogens is 343 g/mol. The van der Waals surface area contributed by atoms with Gasteiger partial charge >= 0.3 is 0 Å². The Hall–Kier alpha value is -2.74. The van der Waals surface area contributed by atoms with Crippen LogP contribution in [0.15, 0.2) is 40.4 Å². The van der Waals surface area contributed by atoms with Gasteiger partial charge in [0.25, 0.3) is 5.91 Å². The van der Waals surface area contributed by atoms with E-state index in [1.165, 1.54) is 40.4 Å². The van der Waals surface area contributed by atoms with Crippen LogP contribution in [0, 0.1) is 5.82 Å². The Bertz CT molecular complexity index is 915. The highest BCUT2D eigenvalue weighted by Gasteiger charge is 2.30. The van der Waals surface area contributed by atoms with Crippen LogP contribution in [0.2, 0.25) is 0 Å². The van der Waals surface area contributed by atoms with E-state index in [1.807, 2.05) is 0 Å². The molecule has 0 bridgehead atoms. The van der Waals surface area contributed by atoms with Crippen LogP contribution in [0.5, 0.6) is 0 Å². The molecule has 1 saturated heterocycles. The predicted molar refractivity (Wildman–Crippen MR) is 95.6 cm³/mol. The highest BCUT2D eigenvalue weighted by Crippen LogP contribution is 2.33. The van der Waals surface area contributed by atoms with E-state index in [0.717, 1.165) is 0 Å². The number of aliphatic imine (C=N–C) groups is 1. The van der Waals surface area contributed by atoms with Crippen molar-refractivity contribution in [2.75, 3.05) is 14.1 Å². The zero-order valence-corrected chi connectivity index (χ0v) is 14.7. The molecule has 1 aromatic carbocycles. The number of hydrogen-bond donors (Lipinski definition) is 0. The number of thioether (sulfide) groups is 1. The van der Waals surface area contributed by atoms with Crippen LogP contribution in [0.4, 0.5) is 4.39 Å². The van der Waals surface area contributed by atoms with Crippen LogP contribution in [0.25, 0.3) is 17.3 Å². The SMILES string of the molecule is CN=C1SC(=Cc2cn(C(C)=O)nc2-c2ccc(F)cc2)C(=O)N1C. The van der Waals surface area contributed by atoms with E-state index in [2.05, 4.69) is 10.1 Å². The molecule has 0 spiro atoms. The summed E-state index contributed by atoms with van der Waals surface area (Å²) >= 11 is 1.25. The fourth-order valence-corrected chi connectivity index (χ4v) is 3.29. The van der Waals surface area contributed by atoms with Crippen LogP contribution in [-0.4, -0.2) is 45.8 Å². The Morgan fingerprint density at radius 2 is 2.00 bits per heavy atom. The average Bonchev–Trinajstić information content (AvgIpc) is 3.12. The maximum atomic E-state index is 13.2. The molecule has 0 radical (unpaired) electrons. The number of halogens is 1. The number of aromatic nitrogens is 2. The molecule has 1 aromatic heterocycles. The van der Waals surface area contributed by atoms with Crippen molar-refractivity contribution in [1.82, 2.24) is 14.7 Å². The number of hydrogen-bond acceptors (Lipinski definition) is 5. The minimum absolute atomic E-state index is 0.175. The summed E-state index contributed by atoms with van der Waals surface area (Å²) in [5.41, 5.74) is 1.76. The molecule has 2 aromatic rings. The fourth-order valence-electron chi connectivity index (χ4n) is 2.38. The standard InChI is InChI=1S/C17H15FN4O2S/c1-10(23)22-9-12(8-14-16(24)21(3)17(19-2)25-14)15(20-22)11-4-6-13(18)7-5-11/h4-9H,1-3H3. The van der Waals surface area contributed by atoms with Crippen molar-refractivity contribution in [2.24, 2.45) is 4.99 Å². The van der Waals surface area contributed by atoms with E-state index in [0.29, 0.717) is 26.9 Å². The van der Waals surface area contributed by atoms with Gasteiger partial charge in [-0.15, -0.1) is 0 Å². The fraction of sp³-hybridized carbons (Fsp3) is 0.176. The molecule has 6 nitrogen and oxygen atoms in total. The highest BCUT2D eigenvalue weighted by molar-refractivity contribution is 8.18. The molecule has 128 valence electrons. The Balaban J connectivity index is 2.09. The number of carbonyl (C=O) groups is 2. The number of amidine groups is 1. The lowest BCUT2D eigenvalue weighted by Gasteiger charge is -2.05. The molecule has 0 unspecified atom stereocenters. The number of carbonyl (C=O) groups excluding carboxylic acids is 2. The van der Waals surface area contributed by atoms with Gasteiger partial charge in [-0.3, -0.25) is 19.5 Å². The Kier molecular flexibility index (Phi) is 4.54. The normalized spacial score (nSPS) is 17.8. The second-order valence-electron chi connectivity index (χ2n) is 5.38. The molecule has 0 saturated carbocycles. The van der Waals surface area contributed by atoms with E-state index in [4.69, 9.17) is 0 Å². The molecule has 3 rings (SSSR count).